The first-order valence-electron chi connectivity index (χ1n) is 5.33. The van der Waals surface area contributed by atoms with Gasteiger partial charge in [0, 0.05) is 18.0 Å². The van der Waals surface area contributed by atoms with Crippen LogP contribution in [0.1, 0.15) is 18.4 Å². The molecule has 1 amide bonds. The fourth-order valence-corrected chi connectivity index (χ4v) is 1.66. The van der Waals surface area contributed by atoms with Crippen LogP contribution in [-0.2, 0) is 11.2 Å². The largest absolute Gasteiger partial charge is 0.393 e. The first-order chi connectivity index (χ1) is 7.65. The van der Waals surface area contributed by atoms with Gasteiger partial charge in [0.15, 0.2) is 0 Å². The second-order valence-electron chi connectivity index (χ2n) is 4.10. The van der Waals surface area contributed by atoms with Crippen molar-refractivity contribution in [2.45, 2.75) is 19.3 Å². The van der Waals surface area contributed by atoms with Crippen molar-refractivity contribution in [1.29, 1.82) is 0 Å². The van der Waals surface area contributed by atoms with Gasteiger partial charge in [-0.05, 0) is 30.5 Å². The van der Waals surface area contributed by atoms with Crippen LogP contribution in [0.3, 0.4) is 0 Å². The molecule has 4 heteroatoms. The molecule has 0 heterocycles. The number of rotatable bonds is 4. The first-order valence-corrected chi connectivity index (χ1v) is 5.74. The summed E-state index contributed by atoms with van der Waals surface area (Å²) in [6, 6.07) is 7.63. The van der Waals surface area contributed by atoms with E-state index in [2.05, 4.69) is 5.32 Å². The van der Waals surface area contributed by atoms with E-state index in [-0.39, 0.29) is 11.8 Å². The van der Waals surface area contributed by atoms with E-state index in [1.54, 1.807) is 0 Å². The van der Waals surface area contributed by atoms with E-state index in [9.17, 15) is 4.79 Å². The van der Waals surface area contributed by atoms with E-state index in [4.69, 9.17) is 18.0 Å². The molecule has 2 rings (SSSR count). The fraction of sp³-hybridized carbons (Fsp3) is 0.333. The van der Waals surface area contributed by atoms with Gasteiger partial charge in [-0.2, -0.15) is 0 Å². The van der Waals surface area contributed by atoms with Gasteiger partial charge in [0.2, 0.25) is 5.91 Å². The van der Waals surface area contributed by atoms with E-state index in [0.29, 0.717) is 11.4 Å². The predicted octanol–water partition coefficient (Wildman–Crippen LogP) is 1.86. The molecule has 1 aliphatic rings. The van der Waals surface area contributed by atoms with Gasteiger partial charge in [-0.3, -0.25) is 4.79 Å². The highest BCUT2D eigenvalue weighted by Crippen LogP contribution is 2.30. The molecule has 3 nitrogen and oxygen atoms in total. The molecule has 84 valence electrons. The topological polar surface area (TPSA) is 55.1 Å². The maximum absolute atomic E-state index is 11.5. The molecule has 1 saturated carbocycles. The third-order valence-electron chi connectivity index (χ3n) is 2.55. The summed E-state index contributed by atoms with van der Waals surface area (Å²) in [7, 11) is 0. The van der Waals surface area contributed by atoms with Gasteiger partial charge >= 0.3 is 0 Å². The number of benzene rings is 1. The molecule has 3 N–H and O–H groups in total. The molecule has 0 aromatic heterocycles. The summed E-state index contributed by atoms with van der Waals surface area (Å²) in [6.45, 7) is 0. The zero-order valence-electron chi connectivity index (χ0n) is 8.90. The van der Waals surface area contributed by atoms with Crippen molar-refractivity contribution < 1.29 is 4.79 Å². The van der Waals surface area contributed by atoms with Crippen LogP contribution < -0.4 is 11.1 Å². The Balaban J connectivity index is 1.95. The number of thiocarbonyl (C=S) groups is 1. The van der Waals surface area contributed by atoms with Crippen LogP contribution in [0.25, 0.3) is 0 Å². The molecule has 1 aromatic rings. The fourth-order valence-electron chi connectivity index (χ4n) is 1.50. The summed E-state index contributed by atoms with van der Waals surface area (Å²) in [4.78, 5) is 12.0. The molecule has 1 aliphatic carbocycles. The summed E-state index contributed by atoms with van der Waals surface area (Å²) in [6.07, 6.45) is 2.64. The molecule has 1 aromatic carbocycles. The molecular formula is C12H14N2OS. The summed E-state index contributed by atoms with van der Waals surface area (Å²) >= 11 is 4.83. The van der Waals surface area contributed by atoms with Gasteiger partial charge in [0.1, 0.15) is 0 Å². The monoisotopic (exact) mass is 234 g/mol. The maximum Gasteiger partial charge on any atom is 0.227 e. The van der Waals surface area contributed by atoms with Crippen molar-refractivity contribution in [3.05, 3.63) is 29.8 Å². The van der Waals surface area contributed by atoms with Crippen LogP contribution in [-0.4, -0.2) is 10.9 Å². The standard InChI is InChI=1S/C12H14N2OS/c13-11(16)7-8-1-5-10(6-2-8)14-12(15)9-3-4-9/h1-2,5-6,9H,3-4,7H2,(H2,13,16)(H,14,15). The summed E-state index contributed by atoms with van der Waals surface area (Å²) in [5.41, 5.74) is 7.36. The van der Waals surface area contributed by atoms with Crippen molar-refractivity contribution in [2.75, 3.05) is 5.32 Å². The zero-order valence-corrected chi connectivity index (χ0v) is 9.72. The molecule has 0 saturated heterocycles. The maximum atomic E-state index is 11.5. The molecule has 1 fully saturated rings. The Morgan fingerprint density at radius 3 is 2.50 bits per heavy atom. The number of amides is 1. The van der Waals surface area contributed by atoms with Crippen LogP contribution in [0.15, 0.2) is 24.3 Å². The van der Waals surface area contributed by atoms with Gasteiger partial charge in [-0.15, -0.1) is 0 Å². The van der Waals surface area contributed by atoms with E-state index >= 15 is 0 Å². The van der Waals surface area contributed by atoms with E-state index in [0.717, 1.165) is 24.1 Å². The minimum atomic E-state index is 0.127. The van der Waals surface area contributed by atoms with Crippen LogP contribution in [0.5, 0.6) is 0 Å². The summed E-state index contributed by atoms with van der Waals surface area (Å²) in [5.74, 6) is 0.360. The Hall–Kier alpha value is -1.42. The molecule has 0 aliphatic heterocycles. The second kappa shape index (κ2) is 4.61. The normalized spacial score (nSPS) is 14.5. The van der Waals surface area contributed by atoms with Gasteiger partial charge < -0.3 is 11.1 Å². The van der Waals surface area contributed by atoms with E-state index < -0.39 is 0 Å². The lowest BCUT2D eigenvalue weighted by molar-refractivity contribution is -0.117. The van der Waals surface area contributed by atoms with Crippen LogP contribution in [0, 0.1) is 5.92 Å². The third-order valence-corrected chi connectivity index (χ3v) is 2.69. The highest BCUT2D eigenvalue weighted by Gasteiger charge is 2.29. The van der Waals surface area contributed by atoms with Gasteiger partial charge in [0.25, 0.3) is 0 Å². The minimum Gasteiger partial charge on any atom is -0.393 e. The number of nitrogens with two attached hydrogens (primary N) is 1. The predicted molar refractivity (Wildman–Crippen MR) is 68.3 cm³/mol. The average Bonchev–Trinajstić information content (AvgIpc) is 3.03. The Kier molecular flexibility index (Phi) is 3.19. The average molecular weight is 234 g/mol. The number of hydrogen-bond acceptors (Lipinski definition) is 2. The Morgan fingerprint density at radius 1 is 1.38 bits per heavy atom. The summed E-state index contributed by atoms with van der Waals surface area (Å²) < 4.78 is 0. The number of carbonyl (C=O) groups is 1. The van der Waals surface area contributed by atoms with Crippen molar-refractivity contribution in [3.8, 4) is 0 Å². The second-order valence-corrected chi connectivity index (χ2v) is 4.63. The number of anilines is 1. The van der Waals surface area contributed by atoms with Crippen LogP contribution in [0.2, 0.25) is 0 Å². The quantitative estimate of drug-likeness (QED) is 0.782. The molecule has 0 unspecified atom stereocenters. The molecular weight excluding hydrogens is 220 g/mol. The zero-order chi connectivity index (χ0) is 11.5. The number of carbonyl (C=O) groups excluding carboxylic acids is 1. The van der Waals surface area contributed by atoms with E-state index in [1.165, 1.54) is 0 Å². The molecule has 0 spiro atoms. The lowest BCUT2D eigenvalue weighted by Crippen LogP contribution is -2.13. The van der Waals surface area contributed by atoms with Crippen molar-refractivity contribution in [1.82, 2.24) is 0 Å². The van der Waals surface area contributed by atoms with Crippen molar-refractivity contribution >= 4 is 28.8 Å². The van der Waals surface area contributed by atoms with Gasteiger partial charge in [-0.1, -0.05) is 24.4 Å². The highest BCUT2D eigenvalue weighted by molar-refractivity contribution is 7.80. The van der Waals surface area contributed by atoms with Gasteiger partial charge in [0.05, 0.1) is 4.99 Å². The molecule has 16 heavy (non-hydrogen) atoms. The van der Waals surface area contributed by atoms with E-state index in [1.807, 2.05) is 24.3 Å². The van der Waals surface area contributed by atoms with Crippen LogP contribution >= 0.6 is 12.2 Å². The minimum absolute atomic E-state index is 0.127. The van der Waals surface area contributed by atoms with Gasteiger partial charge in [-0.25, -0.2) is 0 Å². The molecule has 0 radical (unpaired) electrons. The lowest BCUT2D eigenvalue weighted by Gasteiger charge is -2.05. The highest BCUT2D eigenvalue weighted by atomic mass is 32.1. The lowest BCUT2D eigenvalue weighted by atomic mass is 10.1. The first kappa shape index (κ1) is 11.1. The van der Waals surface area contributed by atoms with Crippen LogP contribution in [0.4, 0.5) is 5.69 Å². The number of hydrogen-bond donors (Lipinski definition) is 2. The Labute approximate surface area is 100 Å². The number of nitrogens with one attached hydrogen (secondary N) is 1. The summed E-state index contributed by atoms with van der Waals surface area (Å²) in [5, 5.41) is 2.88. The Morgan fingerprint density at radius 2 is 2.00 bits per heavy atom. The third kappa shape index (κ3) is 3.03. The SMILES string of the molecule is NC(=S)Cc1ccc(NC(=O)C2CC2)cc1. The van der Waals surface area contributed by atoms with Crippen molar-refractivity contribution in [2.24, 2.45) is 11.7 Å². The van der Waals surface area contributed by atoms with Crippen molar-refractivity contribution in [3.63, 3.8) is 0 Å². The molecule has 0 bridgehead atoms. The molecule has 0 atom stereocenters. The Bertz CT molecular complexity index is 410. The smallest absolute Gasteiger partial charge is 0.227 e.